The molecule has 0 radical (unpaired) electrons. The van der Waals surface area contributed by atoms with Crippen molar-refractivity contribution in [3.8, 4) is 0 Å². The van der Waals surface area contributed by atoms with Crippen LogP contribution in [-0.4, -0.2) is 28.8 Å². The quantitative estimate of drug-likeness (QED) is 0.852. The molecule has 0 saturated heterocycles. The molecule has 24 heavy (non-hydrogen) atoms. The molecule has 2 aromatic rings. The maximum absolute atomic E-state index is 11.2. The second kappa shape index (κ2) is 7.32. The molecule has 1 amide bonds. The first-order valence-corrected chi connectivity index (χ1v) is 7.70. The monoisotopic (exact) mass is 369 g/mol. The summed E-state index contributed by atoms with van der Waals surface area (Å²) in [4.78, 5) is 13.4. The SMILES string of the molecule is CC(=O)Nc1cc2n(n1)CCN2c1ccc2c(c1)CCCN2.Cl.Cl. The van der Waals surface area contributed by atoms with Gasteiger partial charge in [0.05, 0.1) is 6.54 Å². The fraction of sp³-hybridized carbons (Fsp3) is 0.375. The van der Waals surface area contributed by atoms with Crippen LogP contribution in [0.2, 0.25) is 0 Å². The molecule has 0 fully saturated rings. The molecule has 2 N–H and O–H groups in total. The van der Waals surface area contributed by atoms with Crippen LogP contribution in [0.15, 0.2) is 24.3 Å². The van der Waals surface area contributed by atoms with Crippen LogP contribution in [0, 0.1) is 0 Å². The number of rotatable bonds is 2. The predicted octanol–water partition coefficient (Wildman–Crippen LogP) is 3.19. The molecule has 4 rings (SSSR count). The van der Waals surface area contributed by atoms with E-state index in [1.165, 1.54) is 30.3 Å². The summed E-state index contributed by atoms with van der Waals surface area (Å²) >= 11 is 0. The molecule has 2 aliphatic heterocycles. The number of halogens is 2. The summed E-state index contributed by atoms with van der Waals surface area (Å²) in [5.74, 6) is 1.56. The Hall–Kier alpha value is -1.92. The standard InChI is InChI=1S/C16H19N5O.2ClH/c1-11(22)18-15-10-16-20(7-8-21(16)19-15)13-4-5-14-12(9-13)3-2-6-17-14;;/h4-5,9-10,17H,2-3,6-8H2,1H3,(H,18,19,22);2*1H. The van der Waals surface area contributed by atoms with Crippen molar-refractivity contribution in [1.82, 2.24) is 9.78 Å². The third kappa shape index (κ3) is 3.30. The van der Waals surface area contributed by atoms with Gasteiger partial charge in [-0.05, 0) is 36.6 Å². The first-order chi connectivity index (χ1) is 10.7. The lowest BCUT2D eigenvalue weighted by molar-refractivity contribution is -0.114. The number of benzene rings is 1. The minimum absolute atomic E-state index is 0. The van der Waals surface area contributed by atoms with Gasteiger partial charge in [0.15, 0.2) is 5.82 Å². The largest absolute Gasteiger partial charge is 0.385 e. The normalized spacial score (nSPS) is 14.6. The van der Waals surface area contributed by atoms with E-state index in [1.807, 2.05) is 10.7 Å². The second-order valence-electron chi connectivity index (χ2n) is 5.82. The van der Waals surface area contributed by atoms with Gasteiger partial charge < -0.3 is 15.5 Å². The topological polar surface area (TPSA) is 62.2 Å². The molecule has 8 heteroatoms. The van der Waals surface area contributed by atoms with Gasteiger partial charge in [-0.25, -0.2) is 4.68 Å². The summed E-state index contributed by atoms with van der Waals surface area (Å²) < 4.78 is 1.95. The van der Waals surface area contributed by atoms with E-state index in [4.69, 9.17) is 0 Å². The zero-order valence-electron chi connectivity index (χ0n) is 13.4. The fourth-order valence-corrected chi connectivity index (χ4v) is 3.23. The van der Waals surface area contributed by atoms with Gasteiger partial charge in [-0.15, -0.1) is 24.8 Å². The van der Waals surface area contributed by atoms with Crippen LogP contribution in [0.1, 0.15) is 18.9 Å². The molecule has 1 aromatic carbocycles. The first kappa shape index (κ1) is 18.4. The number of anilines is 4. The molecular formula is C16H21Cl2N5O. The van der Waals surface area contributed by atoms with E-state index in [0.29, 0.717) is 5.82 Å². The molecule has 0 bridgehead atoms. The number of aryl methyl sites for hydroxylation is 1. The van der Waals surface area contributed by atoms with Crippen LogP contribution in [-0.2, 0) is 17.8 Å². The van der Waals surface area contributed by atoms with Crippen molar-refractivity contribution < 1.29 is 4.79 Å². The number of carbonyl (C=O) groups is 1. The molecule has 0 aliphatic carbocycles. The zero-order chi connectivity index (χ0) is 15.1. The highest BCUT2D eigenvalue weighted by molar-refractivity contribution is 5.88. The Kier molecular flexibility index (Phi) is 5.62. The van der Waals surface area contributed by atoms with Crippen molar-refractivity contribution in [2.24, 2.45) is 0 Å². The summed E-state index contributed by atoms with van der Waals surface area (Å²) in [7, 11) is 0. The Labute approximate surface area is 153 Å². The van der Waals surface area contributed by atoms with Crippen molar-refractivity contribution in [1.29, 1.82) is 0 Å². The van der Waals surface area contributed by atoms with Gasteiger partial charge in [-0.2, -0.15) is 5.10 Å². The van der Waals surface area contributed by atoms with Gasteiger partial charge in [0.1, 0.15) is 5.82 Å². The van der Waals surface area contributed by atoms with Gasteiger partial charge in [0.2, 0.25) is 5.91 Å². The van der Waals surface area contributed by atoms with Crippen LogP contribution in [0.25, 0.3) is 0 Å². The lowest BCUT2D eigenvalue weighted by atomic mass is 10.0. The second-order valence-corrected chi connectivity index (χ2v) is 5.82. The molecule has 0 unspecified atom stereocenters. The summed E-state index contributed by atoms with van der Waals surface area (Å²) in [5.41, 5.74) is 3.82. The van der Waals surface area contributed by atoms with Gasteiger partial charge in [-0.1, -0.05) is 0 Å². The van der Waals surface area contributed by atoms with Crippen LogP contribution < -0.4 is 15.5 Å². The molecule has 0 saturated carbocycles. The number of carbonyl (C=O) groups excluding carboxylic acids is 1. The molecule has 1 aromatic heterocycles. The summed E-state index contributed by atoms with van der Waals surface area (Å²) in [6.45, 7) is 4.31. The minimum atomic E-state index is -0.0943. The smallest absolute Gasteiger partial charge is 0.222 e. The highest BCUT2D eigenvalue weighted by Crippen LogP contribution is 2.34. The number of nitrogens with one attached hydrogen (secondary N) is 2. The van der Waals surface area contributed by atoms with Gasteiger partial charge >= 0.3 is 0 Å². The summed E-state index contributed by atoms with van der Waals surface area (Å²) in [6.07, 6.45) is 2.31. The van der Waals surface area contributed by atoms with E-state index < -0.39 is 0 Å². The number of aromatic nitrogens is 2. The van der Waals surface area contributed by atoms with E-state index in [2.05, 4.69) is 38.8 Å². The molecule has 2 aliphatic rings. The van der Waals surface area contributed by atoms with Crippen LogP contribution in [0.5, 0.6) is 0 Å². The lowest BCUT2D eigenvalue weighted by Crippen LogP contribution is -2.16. The maximum atomic E-state index is 11.2. The van der Waals surface area contributed by atoms with E-state index in [9.17, 15) is 4.79 Å². The number of fused-ring (bicyclic) bond motifs is 2. The highest BCUT2D eigenvalue weighted by Gasteiger charge is 2.24. The minimum Gasteiger partial charge on any atom is -0.385 e. The third-order valence-corrected chi connectivity index (χ3v) is 4.21. The Morgan fingerprint density at radius 1 is 1.25 bits per heavy atom. The van der Waals surface area contributed by atoms with Crippen molar-refractivity contribution in [2.45, 2.75) is 26.3 Å². The van der Waals surface area contributed by atoms with E-state index in [1.54, 1.807) is 0 Å². The Morgan fingerprint density at radius 3 is 2.88 bits per heavy atom. The van der Waals surface area contributed by atoms with E-state index >= 15 is 0 Å². The lowest BCUT2D eigenvalue weighted by Gasteiger charge is -2.22. The maximum Gasteiger partial charge on any atom is 0.222 e. The van der Waals surface area contributed by atoms with Crippen molar-refractivity contribution in [3.05, 3.63) is 29.8 Å². The van der Waals surface area contributed by atoms with Crippen molar-refractivity contribution >= 4 is 53.7 Å². The number of nitrogens with zero attached hydrogens (tertiary/aromatic N) is 3. The zero-order valence-corrected chi connectivity index (χ0v) is 15.0. The van der Waals surface area contributed by atoms with Gasteiger partial charge in [0, 0.05) is 37.5 Å². The van der Waals surface area contributed by atoms with Gasteiger partial charge in [0.25, 0.3) is 0 Å². The molecule has 0 spiro atoms. The van der Waals surface area contributed by atoms with Crippen molar-refractivity contribution in [3.63, 3.8) is 0 Å². The average molecular weight is 370 g/mol. The van der Waals surface area contributed by atoms with Gasteiger partial charge in [-0.3, -0.25) is 4.79 Å². The molecule has 130 valence electrons. The molecule has 0 atom stereocenters. The van der Waals surface area contributed by atoms with Crippen LogP contribution in [0.3, 0.4) is 0 Å². The van der Waals surface area contributed by atoms with E-state index in [0.717, 1.165) is 31.9 Å². The number of hydrogen-bond donors (Lipinski definition) is 2. The van der Waals surface area contributed by atoms with Crippen LogP contribution in [0.4, 0.5) is 23.0 Å². The Balaban J connectivity index is 0.00000104. The fourth-order valence-electron chi connectivity index (χ4n) is 3.23. The third-order valence-electron chi connectivity index (χ3n) is 4.21. The summed E-state index contributed by atoms with van der Waals surface area (Å²) in [5, 5.41) is 10.6. The molecular weight excluding hydrogens is 349 g/mol. The van der Waals surface area contributed by atoms with Crippen LogP contribution >= 0.6 is 24.8 Å². The Bertz CT molecular complexity index is 746. The first-order valence-electron chi connectivity index (χ1n) is 7.70. The molecule has 6 nitrogen and oxygen atoms in total. The Morgan fingerprint density at radius 2 is 2.08 bits per heavy atom. The van der Waals surface area contributed by atoms with E-state index in [-0.39, 0.29) is 30.7 Å². The number of hydrogen-bond acceptors (Lipinski definition) is 4. The highest BCUT2D eigenvalue weighted by atomic mass is 35.5. The summed E-state index contributed by atoms with van der Waals surface area (Å²) in [6, 6.07) is 8.52. The molecule has 3 heterocycles. The predicted molar refractivity (Wildman–Crippen MR) is 101 cm³/mol. The van der Waals surface area contributed by atoms with Crippen molar-refractivity contribution in [2.75, 3.05) is 28.6 Å². The average Bonchev–Trinajstić information content (AvgIpc) is 3.06. The number of amides is 1.